The van der Waals surface area contributed by atoms with Gasteiger partial charge in [0, 0.05) is 17.0 Å². The highest BCUT2D eigenvalue weighted by Crippen LogP contribution is 2.16. The second kappa shape index (κ2) is 6.39. The van der Waals surface area contributed by atoms with Crippen molar-refractivity contribution >= 4 is 17.4 Å². The number of halogens is 1. The molecule has 98 valence electrons. The highest BCUT2D eigenvalue weighted by molar-refractivity contribution is 6.30. The first kappa shape index (κ1) is 13.6. The molecule has 0 aliphatic rings. The van der Waals surface area contributed by atoms with E-state index in [9.17, 15) is 4.79 Å². The first-order valence-electron chi connectivity index (χ1n) is 6.11. The maximum absolute atomic E-state index is 12.1. The normalized spacial score (nSPS) is 10.2. The molecule has 2 rings (SSSR count). The first-order valence-corrected chi connectivity index (χ1v) is 6.48. The standard InChI is InChI=1S/C16H15ClO2/c1-19-15-4-2-3-13(11-15)16(18)10-7-12-5-8-14(17)9-6-12/h2-6,8-9,11H,7,10H2,1H3. The Morgan fingerprint density at radius 2 is 1.89 bits per heavy atom. The quantitative estimate of drug-likeness (QED) is 0.765. The summed E-state index contributed by atoms with van der Waals surface area (Å²) in [6.45, 7) is 0. The molecule has 0 fully saturated rings. The zero-order valence-corrected chi connectivity index (χ0v) is 11.5. The van der Waals surface area contributed by atoms with Gasteiger partial charge in [-0.1, -0.05) is 35.9 Å². The minimum atomic E-state index is 0.119. The average Bonchev–Trinajstić information content (AvgIpc) is 2.46. The van der Waals surface area contributed by atoms with E-state index < -0.39 is 0 Å². The lowest BCUT2D eigenvalue weighted by Gasteiger charge is -2.04. The van der Waals surface area contributed by atoms with Crippen LogP contribution in [0.25, 0.3) is 0 Å². The molecule has 0 heterocycles. The molecule has 0 radical (unpaired) electrons. The molecule has 0 unspecified atom stereocenters. The van der Waals surface area contributed by atoms with Gasteiger partial charge in [0.05, 0.1) is 7.11 Å². The number of methoxy groups -OCH3 is 1. The summed E-state index contributed by atoms with van der Waals surface area (Å²) in [7, 11) is 1.59. The molecule has 2 aromatic rings. The molecular formula is C16H15ClO2. The summed E-state index contributed by atoms with van der Waals surface area (Å²) < 4.78 is 5.11. The van der Waals surface area contributed by atoms with Crippen LogP contribution in [0.3, 0.4) is 0 Å². The lowest BCUT2D eigenvalue weighted by Crippen LogP contribution is -2.01. The van der Waals surface area contributed by atoms with Crippen LogP contribution in [0.2, 0.25) is 5.02 Å². The highest BCUT2D eigenvalue weighted by atomic mass is 35.5. The minimum absolute atomic E-state index is 0.119. The lowest BCUT2D eigenvalue weighted by atomic mass is 10.0. The van der Waals surface area contributed by atoms with E-state index in [4.69, 9.17) is 16.3 Å². The SMILES string of the molecule is COc1cccc(C(=O)CCc2ccc(Cl)cc2)c1. The van der Waals surface area contributed by atoms with Gasteiger partial charge in [-0.15, -0.1) is 0 Å². The van der Waals surface area contributed by atoms with Crippen LogP contribution in [-0.4, -0.2) is 12.9 Å². The monoisotopic (exact) mass is 274 g/mol. The Hall–Kier alpha value is -1.80. The van der Waals surface area contributed by atoms with E-state index in [1.165, 1.54) is 0 Å². The van der Waals surface area contributed by atoms with Crippen LogP contribution in [-0.2, 0) is 6.42 Å². The summed E-state index contributed by atoms with van der Waals surface area (Å²) >= 11 is 5.82. The molecule has 0 bridgehead atoms. The Morgan fingerprint density at radius 3 is 2.58 bits per heavy atom. The smallest absolute Gasteiger partial charge is 0.163 e. The van der Waals surface area contributed by atoms with Crippen molar-refractivity contribution in [3.63, 3.8) is 0 Å². The predicted octanol–water partition coefficient (Wildman–Crippen LogP) is 4.16. The largest absolute Gasteiger partial charge is 0.497 e. The maximum Gasteiger partial charge on any atom is 0.163 e. The summed E-state index contributed by atoms with van der Waals surface area (Å²) in [5.41, 5.74) is 1.80. The number of Topliss-reactive ketones (excluding diaryl/α,β-unsaturated/α-hetero) is 1. The second-order valence-corrected chi connectivity index (χ2v) is 4.72. The third-order valence-corrected chi connectivity index (χ3v) is 3.20. The van der Waals surface area contributed by atoms with Crippen LogP contribution in [0, 0.1) is 0 Å². The molecular weight excluding hydrogens is 260 g/mol. The van der Waals surface area contributed by atoms with Gasteiger partial charge in [-0.2, -0.15) is 0 Å². The van der Waals surface area contributed by atoms with Crippen LogP contribution in [0.5, 0.6) is 5.75 Å². The van der Waals surface area contributed by atoms with Crippen molar-refractivity contribution in [3.8, 4) is 5.75 Å². The number of hydrogen-bond donors (Lipinski definition) is 0. The summed E-state index contributed by atoms with van der Waals surface area (Å²) in [5, 5.41) is 0.711. The Balaban J connectivity index is 1.99. The van der Waals surface area contributed by atoms with Crippen LogP contribution >= 0.6 is 11.6 Å². The number of carbonyl (C=O) groups is 1. The number of rotatable bonds is 5. The minimum Gasteiger partial charge on any atom is -0.497 e. The van der Waals surface area contributed by atoms with Gasteiger partial charge in [0.25, 0.3) is 0 Å². The molecule has 0 amide bonds. The Labute approximate surface area is 118 Å². The van der Waals surface area contributed by atoms with Gasteiger partial charge in [0.1, 0.15) is 5.75 Å². The Morgan fingerprint density at radius 1 is 1.16 bits per heavy atom. The van der Waals surface area contributed by atoms with Crippen molar-refractivity contribution in [2.24, 2.45) is 0 Å². The van der Waals surface area contributed by atoms with Gasteiger partial charge in [-0.3, -0.25) is 4.79 Å². The van der Waals surface area contributed by atoms with Crippen molar-refractivity contribution in [2.45, 2.75) is 12.8 Å². The van der Waals surface area contributed by atoms with Gasteiger partial charge < -0.3 is 4.74 Å². The molecule has 2 aromatic carbocycles. The fourth-order valence-electron chi connectivity index (χ4n) is 1.85. The highest BCUT2D eigenvalue weighted by Gasteiger charge is 2.07. The zero-order valence-electron chi connectivity index (χ0n) is 10.7. The summed E-state index contributed by atoms with van der Waals surface area (Å²) in [6, 6.07) is 14.8. The van der Waals surface area contributed by atoms with Crippen molar-refractivity contribution in [1.29, 1.82) is 0 Å². The number of aryl methyl sites for hydroxylation is 1. The van der Waals surface area contributed by atoms with Gasteiger partial charge >= 0.3 is 0 Å². The Kier molecular flexibility index (Phi) is 4.58. The van der Waals surface area contributed by atoms with Crippen LogP contribution in [0.4, 0.5) is 0 Å². The Bertz CT molecular complexity index is 561. The van der Waals surface area contributed by atoms with Crippen molar-refractivity contribution in [2.75, 3.05) is 7.11 Å². The van der Waals surface area contributed by atoms with E-state index in [0.29, 0.717) is 29.2 Å². The van der Waals surface area contributed by atoms with E-state index in [-0.39, 0.29) is 5.78 Å². The third-order valence-electron chi connectivity index (χ3n) is 2.95. The van der Waals surface area contributed by atoms with Gasteiger partial charge in [0.2, 0.25) is 0 Å². The number of ether oxygens (including phenoxy) is 1. The van der Waals surface area contributed by atoms with Crippen molar-refractivity contribution < 1.29 is 9.53 Å². The fraction of sp³-hybridized carbons (Fsp3) is 0.188. The van der Waals surface area contributed by atoms with Gasteiger partial charge in [-0.05, 0) is 36.2 Å². The first-order chi connectivity index (χ1) is 9.19. The molecule has 0 aliphatic heterocycles. The summed E-state index contributed by atoms with van der Waals surface area (Å²) in [5.74, 6) is 0.825. The van der Waals surface area contributed by atoms with Crippen LogP contribution < -0.4 is 4.74 Å². The molecule has 0 spiro atoms. The topological polar surface area (TPSA) is 26.3 Å². The third kappa shape index (κ3) is 3.83. The average molecular weight is 275 g/mol. The van der Waals surface area contributed by atoms with Gasteiger partial charge in [0.15, 0.2) is 5.78 Å². The molecule has 2 nitrogen and oxygen atoms in total. The summed E-state index contributed by atoms with van der Waals surface area (Å²) in [4.78, 5) is 12.1. The van der Waals surface area contributed by atoms with Crippen molar-refractivity contribution in [3.05, 3.63) is 64.7 Å². The second-order valence-electron chi connectivity index (χ2n) is 4.28. The van der Waals surface area contributed by atoms with Gasteiger partial charge in [-0.25, -0.2) is 0 Å². The molecule has 19 heavy (non-hydrogen) atoms. The van der Waals surface area contributed by atoms with E-state index in [2.05, 4.69) is 0 Å². The van der Waals surface area contributed by atoms with Crippen LogP contribution in [0.1, 0.15) is 22.3 Å². The molecule has 3 heteroatoms. The number of hydrogen-bond acceptors (Lipinski definition) is 2. The van der Waals surface area contributed by atoms with Crippen LogP contribution in [0.15, 0.2) is 48.5 Å². The molecule has 0 saturated heterocycles. The number of carbonyl (C=O) groups excluding carboxylic acids is 1. The fourth-order valence-corrected chi connectivity index (χ4v) is 1.98. The predicted molar refractivity (Wildman–Crippen MR) is 77.1 cm³/mol. The lowest BCUT2D eigenvalue weighted by molar-refractivity contribution is 0.0982. The van der Waals surface area contributed by atoms with E-state index in [1.54, 1.807) is 13.2 Å². The summed E-state index contributed by atoms with van der Waals surface area (Å²) in [6.07, 6.45) is 1.20. The zero-order chi connectivity index (χ0) is 13.7. The molecule has 0 atom stereocenters. The van der Waals surface area contributed by atoms with Crippen molar-refractivity contribution in [1.82, 2.24) is 0 Å². The molecule has 0 saturated carbocycles. The number of benzene rings is 2. The van der Waals surface area contributed by atoms with E-state index in [1.807, 2.05) is 42.5 Å². The number of ketones is 1. The van der Waals surface area contributed by atoms with E-state index >= 15 is 0 Å². The maximum atomic E-state index is 12.1. The molecule has 0 aliphatic carbocycles. The van der Waals surface area contributed by atoms with E-state index in [0.717, 1.165) is 5.56 Å². The molecule has 0 aromatic heterocycles. The molecule has 0 N–H and O–H groups in total.